The molecule has 4 heteroatoms. The van der Waals surface area contributed by atoms with Crippen molar-refractivity contribution in [1.82, 2.24) is 0 Å². The van der Waals surface area contributed by atoms with Crippen molar-refractivity contribution in [3.63, 3.8) is 0 Å². The minimum Gasteiger partial charge on any atom is -0.465 e. The molecular weight excluding hydrogens is 400 g/mol. The molecular formula is C28H22O4. The van der Waals surface area contributed by atoms with Crippen LogP contribution in [0.1, 0.15) is 26.3 Å². The van der Waals surface area contributed by atoms with Crippen LogP contribution >= 0.6 is 0 Å². The maximum atomic E-state index is 12.5. The number of aryl methyl sites for hydroxylation is 1. The molecule has 0 spiro atoms. The predicted octanol–water partition coefficient (Wildman–Crippen LogP) is 6.33. The number of rotatable bonds is 5. The van der Waals surface area contributed by atoms with Gasteiger partial charge in [0, 0.05) is 0 Å². The fourth-order valence-corrected chi connectivity index (χ4v) is 3.34. The summed E-state index contributed by atoms with van der Waals surface area (Å²) in [6.07, 6.45) is 0. The van der Waals surface area contributed by atoms with Crippen molar-refractivity contribution in [3.05, 3.63) is 114 Å². The first-order chi connectivity index (χ1) is 15.5. The smallest absolute Gasteiger partial charge is 0.343 e. The quantitative estimate of drug-likeness (QED) is 0.278. The van der Waals surface area contributed by atoms with Crippen LogP contribution in [0.5, 0.6) is 5.75 Å². The van der Waals surface area contributed by atoms with E-state index in [2.05, 4.69) is 31.2 Å². The van der Waals surface area contributed by atoms with E-state index in [1.54, 1.807) is 36.4 Å². The molecule has 32 heavy (non-hydrogen) atoms. The van der Waals surface area contributed by atoms with E-state index < -0.39 is 5.97 Å². The summed E-state index contributed by atoms with van der Waals surface area (Å²) in [6, 6.07) is 30.0. The summed E-state index contributed by atoms with van der Waals surface area (Å²) in [5.74, 6) is -0.311. The molecule has 4 rings (SSSR count). The summed E-state index contributed by atoms with van der Waals surface area (Å²) in [4.78, 5) is 24.1. The highest BCUT2D eigenvalue weighted by atomic mass is 16.5. The summed E-state index contributed by atoms with van der Waals surface area (Å²) in [7, 11) is 1.36. The van der Waals surface area contributed by atoms with Gasteiger partial charge in [-0.05, 0) is 65.6 Å². The summed E-state index contributed by atoms with van der Waals surface area (Å²) >= 11 is 0. The SMILES string of the molecule is COC(=O)c1ccc(-c2ccc(OC(=O)c3ccc(-c4ccc(C)cc4)cc3)cc2)cc1. The van der Waals surface area contributed by atoms with E-state index in [-0.39, 0.29) is 5.97 Å². The third-order valence-electron chi connectivity index (χ3n) is 5.21. The lowest BCUT2D eigenvalue weighted by molar-refractivity contribution is 0.0600. The normalized spacial score (nSPS) is 10.4. The summed E-state index contributed by atoms with van der Waals surface area (Å²) in [5, 5.41) is 0. The molecule has 4 nitrogen and oxygen atoms in total. The fraction of sp³-hybridized carbons (Fsp3) is 0.0714. The summed E-state index contributed by atoms with van der Waals surface area (Å²) in [5.41, 5.74) is 6.23. The molecule has 0 heterocycles. The van der Waals surface area contributed by atoms with Gasteiger partial charge in [-0.15, -0.1) is 0 Å². The molecule has 0 radical (unpaired) electrons. The van der Waals surface area contributed by atoms with Crippen molar-refractivity contribution >= 4 is 11.9 Å². The van der Waals surface area contributed by atoms with Gasteiger partial charge >= 0.3 is 11.9 Å². The Bertz CT molecular complexity index is 1220. The van der Waals surface area contributed by atoms with Crippen molar-refractivity contribution in [2.75, 3.05) is 7.11 Å². The second-order valence-electron chi connectivity index (χ2n) is 7.43. The minimum atomic E-state index is -0.407. The Kier molecular flexibility index (Phi) is 6.13. The van der Waals surface area contributed by atoms with Crippen molar-refractivity contribution in [2.24, 2.45) is 0 Å². The molecule has 0 aliphatic heterocycles. The van der Waals surface area contributed by atoms with E-state index in [4.69, 9.17) is 9.47 Å². The lowest BCUT2D eigenvalue weighted by atomic mass is 10.0. The Morgan fingerprint density at radius 1 is 0.531 bits per heavy atom. The van der Waals surface area contributed by atoms with Crippen molar-refractivity contribution in [2.45, 2.75) is 6.92 Å². The Balaban J connectivity index is 1.42. The van der Waals surface area contributed by atoms with Crippen LogP contribution in [0.2, 0.25) is 0 Å². The molecule has 0 unspecified atom stereocenters. The molecule has 0 aliphatic carbocycles. The van der Waals surface area contributed by atoms with Crippen LogP contribution in [-0.2, 0) is 4.74 Å². The maximum absolute atomic E-state index is 12.5. The van der Waals surface area contributed by atoms with Gasteiger partial charge in [0.05, 0.1) is 18.2 Å². The van der Waals surface area contributed by atoms with E-state index in [0.717, 1.165) is 22.3 Å². The molecule has 4 aromatic carbocycles. The van der Waals surface area contributed by atoms with Crippen LogP contribution in [0, 0.1) is 6.92 Å². The monoisotopic (exact) mass is 422 g/mol. The molecule has 0 N–H and O–H groups in total. The van der Waals surface area contributed by atoms with Crippen LogP contribution < -0.4 is 4.74 Å². The van der Waals surface area contributed by atoms with E-state index >= 15 is 0 Å². The topological polar surface area (TPSA) is 52.6 Å². The van der Waals surface area contributed by atoms with Crippen LogP contribution in [0.3, 0.4) is 0 Å². The molecule has 0 saturated heterocycles. The first-order valence-electron chi connectivity index (χ1n) is 10.2. The van der Waals surface area contributed by atoms with E-state index in [0.29, 0.717) is 16.9 Å². The third kappa shape index (κ3) is 4.76. The van der Waals surface area contributed by atoms with Gasteiger partial charge in [-0.3, -0.25) is 0 Å². The number of carbonyl (C=O) groups excluding carboxylic acids is 2. The zero-order valence-corrected chi connectivity index (χ0v) is 17.9. The second kappa shape index (κ2) is 9.31. The molecule has 0 atom stereocenters. The largest absolute Gasteiger partial charge is 0.465 e. The molecule has 0 saturated carbocycles. The molecule has 0 bridgehead atoms. The number of esters is 2. The standard InChI is InChI=1S/C28H22O4/c1-19-3-5-20(6-4-19)21-9-13-25(14-10-21)28(30)32-26-17-15-23(16-18-26)22-7-11-24(12-8-22)27(29)31-2/h3-18H,1-2H3. The van der Waals surface area contributed by atoms with Gasteiger partial charge in [0.15, 0.2) is 0 Å². The van der Waals surface area contributed by atoms with Gasteiger partial charge in [-0.1, -0.05) is 66.2 Å². The van der Waals surface area contributed by atoms with E-state index in [9.17, 15) is 9.59 Å². The van der Waals surface area contributed by atoms with Gasteiger partial charge in [0.2, 0.25) is 0 Å². The molecule has 0 aromatic heterocycles. The number of benzene rings is 4. The lowest BCUT2D eigenvalue weighted by Gasteiger charge is -2.08. The van der Waals surface area contributed by atoms with Crippen LogP contribution in [0.4, 0.5) is 0 Å². The highest BCUT2D eigenvalue weighted by Crippen LogP contribution is 2.24. The van der Waals surface area contributed by atoms with Gasteiger partial charge in [0.1, 0.15) is 5.75 Å². The molecule has 158 valence electrons. The van der Waals surface area contributed by atoms with Crippen molar-refractivity contribution in [1.29, 1.82) is 0 Å². The third-order valence-corrected chi connectivity index (χ3v) is 5.21. The lowest BCUT2D eigenvalue weighted by Crippen LogP contribution is -2.08. The Labute approximate surface area is 187 Å². The maximum Gasteiger partial charge on any atom is 0.343 e. The molecule has 4 aromatic rings. The minimum absolute atomic E-state index is 0.370. The number of carbonyl (C=O) groups is 2. The molecule has 0 amide bonds. The fourth-order valence-electron chi connectivity index (χ4n) is 3.34. The zero-order chi connectivity index (χ0) is 22.5. The highest BCUT2D eigenvalue weighted by molar-refractivity contribution is 5.92. The van der Waals surface area contributed by atoms with Crippen LogP contribution in [-0.4, -0.2) is 19.0 Å². The van der Waals surface area contributed by atoms with Gasteiger partial charge in [0.25, 0.3) is 0 Å². The first-order valence-corrected chi connectivity index (χ1v) is 10.2. The number of hydrogen-bond donors (Lipinski definition) is 0. The molecule has 0 aliphatic rings. The Hall–Kier alpha value is -4.18. The van der Waals surface area contributed by atoms with Crippen molar-refractivity contribution < 1.29 is 19.1 Å². The summed E-state index contributed by atoms with van der Waals surface area (Å²) in [6.45, 7) is 2.05. The van der Waals surface area contributed by atoms with Crippen LogP contribution in [0.25, 0.3) is 22.3 Å². The number of hydrogen-bond acceptors (Lipinski definition) is 4. The second-order valence-corrected chi connectivity index (χ2v) is 7.43. The summed E-state index contributed by atoms with van der Waals surface area (Å²) < 4.78 is 10.2. The van der Waals surface area contributed by atoms with Gasteiger partial charge in [-0.25, -0.2) is 9.59 Å². The first kappa shape index (κ1) is 21.1. The van der Waals surface area contributed by atoms with Gasteiger partial charge < -0.3 is 9.47 Å². The highest BCUT2D eigenvalue weighted by Gasteiger charge is 2.10. The van der Waals surface area contributed by atoms with E-state index in [1.165, 1.54) is 12.7 Å². The average Bonchev–Trinajstić information content (AvgIpc) is 2.85. The number of ether oxygens (including phenoxy) is 2. The Morgan fingerprint density at radius 3 is 1.34 bits per heavy atom. The van der Waals surface area contributed by atoms with Crippen molar-refractivity contribution in [3.8, 4) is 28.0 Å². The predicted molar refractivity (Wildman–Crippen MR) is 125 cm³/mol. The average molecular weight is 422 g/mol. The molecule has 0 fully saturated rings. The number of methoxy groups -OCH3 is 1. The van der Waals surface area contributed by atoms with Crippen LogP contribution in [0.15, 0.2) is 97.1 Å². The zero-order valence-electron chi connectivity index (χ0n) is 17.9. The Morgan fingerprint density at radius 2 is 0.906 bits per heavy atom. The van der Waals surface area contributed by atoms with E-state index in [1.807, 2.05) is 36.4 Å². The van der Waals surface area contributed by atoms with Gasteiger partial charge in [-0.2, -0.15) is 0 Å².